The van der Waals surface area contributed by atoms with Crippen LogP contribution in [0.1, 0.15) is 42.3 Å². The van der Waals surface area contributed by atoms with Gasteiger partial charge in [0, 0.05) is 30.2 Å². The van der Waals surface area contributed by atoms with E-state index in [1.807, 2.05) is 98.8 Å². The summed E-state index contributed by atoms with van der Waals surface area (Å²) in [7, 11) is -2.43. The maximum absolute atomic E-state index is 12.0. The number of nitrogens with zero attached hydrogens (tertiary/aromatic N) is 1. The number of nitrogens with two attached hydrogens (primary N) is 2. The number of primary sulfonamides is 1. The molecule has 0 unspecified atom stereocenters. The Bertz CT molecular complexity index is 2050. The molecule has 0 aliphatic rings. The lowest BCUT2D eigenvalue weighted by atomic mass is 10.1. The number of aliphatic hydroxyl groups excluding tert-OH is 1. The summed E-state index contributed by atoms with van der Waals surface area (Å²) in [5, 5.41) is 27.2. The molecule has 1 heterocycles. The van der Waals surface area contributed by atoms with Gasteiger partial charge in [-0.15, -0.1) is 11.3 Å². The number of para-hydroxylation sites is 2. The number of anilines is 2. The van der Waals surface area contributed by atoms with Gasteiger partial charge in [-0.25, -0.2) is 18.5 Å². The molecule has 15 heteroatoms. The summed E-state index contributed by atoms with van der Waals surface area (Å²) in [6.07, 6.45) is 1.19. The van der Waals surface area contributed by atoms with Gasteiger partial charge in [-0.2, -0.15) is 0 Å². The molecule has 0 aliphatic carbocycles. The Balaban J connectivity index is 0.000000249. The summed E-state index contributed by atoms with van der Waals surface area (Å²) in [4.78, 5) is 16.1. The van der Waals surface area contributed by atoms with E-state index in [4.69, 9.17) is 25.1 Å². The zero-order chi connectivity index (χ0) is 40.3. The molecule has 5 aromatic rings. The molecule has 8 N–H and O–H groups in total. The fourth-order valence-electron chi connectivity index (χ4n) is 5.60. The van der Waals surface area contributed by atoms with Crippen LogP contribution >= 0.6 is 11.3 Å². The van der Waals surface area contributed by atoms with Crippen molar-refractivity contribution < 1.29 is 32.5 Å². The molecule has 0 fully saturated rings. The minimum absolute atomic E-state index is 0.00411. The van der Waals surface area contributed by atoms with Crippen LogP contribution in [0.3, 0.4) is 0 Å². The van der Waals surface area contributed by atoms with Crippen molar-refractivity contribution in [2.45, 2.75) is 50.2 Å². The molecule has 5 rings (SSSR count). The maximum atomic E-state index is 12.0. The topological polar surface area (TPSA) is 200 Å². The van der Waals surface area contributed by atoms with Gasteiger partial charge >= 0.3 is 0 Å². The van der Waals surface area contributed by atoms with Crippen LogP contribution < -0.4 is 41.0 Å². The second-order valence-electron chi connectivity index (χ2n) is 12.8. The van der Waals surface area contributed by atoms with Crippen LogP contribution in [0.2, 0.25) is 0 Å². The highest BCUT2D eigenvalue weighted by molar-refractivity contribution is 7.89. The number of methoxy groups -OCH3 is 1. The van der Waals surface area contributed by atoms with Gasteiger partial charge in [-0.3, -0.25) is 4.79 Å². The Hall–Kier alpha value is -5.03. The quantitative estimate of drug-likeness (QED) is 0.0572. The Morgan fingerprint density at radius 1 is 0.911 bits per heavy atom. The lowest BCUT2D eigenvalue weighted by molar-refractivity contribution is -0.115. The number of carbonyl (C=O) groups excluding carboxylic acids is 1. The average Bonchev–Trinajstić information content (AvgIpc) is 3.60. The van der Waals surface area contributed by atoms with Crippen molar-refractivity contribution in [2.24, 2.45) is 5.14 Å². The molecule has 1 amide bonds. The van der Waals surface area contributed by atoms with Crippen molar-refractivity contribution in [3.05, 3.63) is 125 Å². The highest BCUT2D eigenvalue weighted by Gasteiger charge is 2.16. The van der Waals surface area contributed by atoms with Crippen molar-refractivity contribution >= 4 is 38.1 Å². The van der Waals surface area contributed by atoms with Gasteiger partial charge in [-0.05, 0) is 86.3 Å². The van der Waals surface area contributed by atoms with Gasteiger partial charge in [0.15, 0.2) is 16.6 Å². The van der Waals surface area contributed by atoms with E-state index in [-0.39, 0.29) is 29.0 Å². The van der Waals surface area contributed by atoms with Crippen LogP contribution in [0.4, 0.5) is 10.8 Å². The van der Waals surface area contributed by atoms with Crippen molar-refractivity contribution in [1.82, 2.24) is 15.6 Å². The van der Waals surface area contributed by atoms with E-state index in [0.717, 1.165) is 41.1 Å². The minimum atomic E-state index is -3.84. The highest BCUT2D eigenvalue weighted by Crippen LogP contribution is 2.26. The first-order chi connectivity index (χ1) is 26.9. The molecule has 0 aliphatic heterocycles. The Morgan fingerprint density at radius 3 is 2.23 bits per heavy atom. The number of aromatic nitrogens is 1. The summed E-state index contributed by atoms with van der Waals surface area (Å²) in [6, 6.07) is 30.1. The molecule has 0 saturated carbocycles. The largest absolute Gasteiger partial charge is 0.495 e. The number of rotatable bonds is 20. The standard InChI is InChI=1S/C21H24N4O2S.C20H28N2O5S/c22-21-25-18(14-28-21)12-20(27)24-17-8-6-15(7-9-17)10-11-23-13-19(26)16-4-2-1-3-5-16;1-4-26-17-7-5-6-8-18(17)27-12-11-22-15(2)13-16-9-10-19(25-3)20(14-16)28(21,23)24/h1-9,14,19,23,26H,10-13H2,(H2,22,25)(H,24,27);5-10,14-15,22H,4,11-13H2,1-3H3,(H2,21,23,24)/t19-;15-/m01/s1. The van der Waals surface area contributed by atoms with E-state index >= 15 is 0 Å². The number of aliphatic hydroxyl groups is 1. The number of thiazole rings is 1. The molecular formula is C41H52N6O7S2. The normalized spacial score (nSPS) is 12.2. The third-order valence-electron chi connectivity index (χ3n) is 8.34. The first-order valence-corrected chi connectivity index (χ1v) is 20.7. The summed E-state index contributed by atoms with van der Waals surface area (Å²) in [6.45, 7) is 6.94. The Kier molecular flexibility index (Phi) is 17.6. The number of hydrogen-bond donors (Lipinski definition) is 6. The van der Waals surface area contributed by atoms with Crippen molar-refractivity contribution in [3.8, 4) is 17.2 Å². The van der Waals surface area contributed by atoms with Crippen molar-refractivity contribution in [3.63, 3.8) is 0 Å². The first kappa shape index (κ1) is 43.7. The van der Waals surface area contributed by atoms with Crippen LogP contribution in [0, 0.1) is 0 Å². The van der Waals surface area contributed by atoms with Crippen molar-refractivity contribution in [2.75, 3.05) is 51.0 Å². The number of ether oxygens (including phenoxy) is 3. The summed E-state index contributed by atoms with van der Waals surface area (Å²) in [5.41, 5.74) is 9.94. The molecule has 4 aromatic carbocycles. The summed E-state index contributed by atoms with van der Waals surface area (Å²) < 4.78 is 39.9. The third-order valence-corrected chi connectivity index (χ3v) is 9.99. The number of benzene rings is 4. The predicted molar refractivity (Wildman–Crippen MR) is 222 cm³/mol. The molecule has 56 heavy (non-hydrogen) atoms. The van der Waals surface area contributed by atoms with E-state index in [2.05, 4.69) is 20.9 Å². The van der Waals surface area contributed by atoms with Crippen LogP contribution in [-0.2, 0) is 34.1 Å². The molecule has 0 radical (unpaired) electrons. The van der Waals surface area contributed by atoms with E-state index in [0.29, 0.717) is 49.3 Å². The molecular weight excluding hydrogens is 753 g/mol. The fourth-order valence-corrected chi connectivity index (χ4v) is 6.91. The fraction of sp³-hybridized carbons (Fsp3) is 0.317. The average molecular weight is 805 g/mol. The van der Waals surface area contributed by atoms with Gasteiger partial charge < -0.3 is 41.0 Å². The maximum Gasteiger partial charge on any atom is 0.241 e. The van der Waals surface area contributed by atoms with E-state index < -0.39 is 16.1 Å². The third kappa shape index (κ3) is 14.9. The lowest BCUT2D eigenvalue weighted by Gasteiger charge is -2.16. The molecule has 1 aromatic heterocycles. The lowest BCUT2D eigenvalue weighted by Crippen LogP contribution is -2.32. The van der Waals surface area contributed by atoms with Crippen LogP contribution in [-0.4, -0.2) is 70.4 Å². The van der Waals surface area contributed by atoms with E-state index in [1.54, 1.807) is 17.5 Å². The van der Waals surface area contributed by atoms with Gasteiger partial charge in [0.25, 0.3) is 0 Å². The number of nitrogens with one attached hydrogen (secondary N) is 3. The van der Waals surface area contributed by atoms with Crippen LogP contribution in [0.25, 0.3) is 0 Å². The molecule has 0 spiro atoms. The summed E-state index contributed by atoms with van der Waals surface area (Å²) in [5.74, 6) is 1.57. The van der Waals surface area contributed by atoms with Crippen molar-refractivity contribution in [1.29, 1.82) is 0 Å². The SMILES string of the molecule is CCOc1ccccc1OCCN[C@H](C)Cc1ccc(OC)c(S(N)(=O)=O)c1.Nc1nc(CC(=O)Nc2ccc(CCNC[C@H](O)c3ccccc3)cc2)cs1. The molecule has 300 valence electrons. The first-order valence-electron chi connectivity index (χ1n) is 18.2. The van der Waals surface area contributed by atoms with E-state index in [9.17, 15) is 18.3 Å². The van der Waals surface area contributed by atoms with Gasteiger partial charge in [0.05, 0.1) is 31.9 Å². The monoisotopic (exact) mass is 804 g/mol. The summed E-state index contributed by atoms with van der Waals surface area (Å²) >= 11 is 1.33. The zero-order valence-electron chi connectivity index (χ0n) is 31.9. The number of nitrogen functional groups attached to an aromatic ring is 1. The number of carbonyl (C=O) groups is 1. The highest BCUT2D eigenvalue weighted by atomic mass is 32.2. The van der Waals surface area contributed by atoms with Gasteiger partial charge in [0.1, 0.15) is 17.3 Å². The van der Waals surface area contributed by atoms with Gasteiger partial charge in [-0.1, -0.05) is 60.7 Å². The smallest absolute Gasteiger partial charge is 0.241 e. The van der Waals surface area contributed by atoms with Crippen LogP contribution in [0.15, 0.2) is 107 Å². The molecule has 0 bridgehead atoms. The second kappa shape index (κ2) is 22.5. The number of sulfonamides is 1. The predicted octanol–water partition coefficient (Wildman–Crippen LogP) is 5.11. The molecule has 0 saturated heterocycles. The van der Waals surface area contributed by atoms with Crippen LogP contribution in [0.5, 0.6) is 17.2 Å². The number of hydrogen-bond acceptors (Lipinski definition) is 12. The zero-order valence-corrected chi connectivity index (χ0v) is 33.6. The Labute approximate surface area is 333 Å². The number of amides is 1. The molecule has 13 nitrogen and oxygen atoms in total. The second-order valence-corrected chi connectivity index (χ2v) is 15.2. The molecule has 2 atom stereocenters. The minimum Gasteiger partial charge on any atom is -0.495 e. The van der Waals surface area contributed by atoms with Gasteiger partial charge in [0.2, 0.25) is 15.9 Å². The Morgan fingerprint density at radius 2 is 1.59 bits per heavy atom. The van der Waals surface area contributed by atoms with E-state index in [1.165, 1.54) is 18.4 Å².